The second kappa shape index (κ2) is 9.14. The van der Waals surface area contributed by atoms with Crippen LogP contribution in [0.25, 0.3) is 16.7 Å². The number of anilines is 1. The number of hydrogen-bond donors (Lipinski definition) is 3. The number of aliphatic hydroxyl groups excluding tert-OH is 1. The number of nitrogens with one attached hydrogen (secondary N) is 2. The number of rotatable bonds is 7. The maximum atomic E-state index is 12.0. The molecule has 0 spiro atoms. The van der Waals surface area contributed by atoms with E-state index in [1.165, 1.54) is 18.4 Å². The molecule has 1 unspecified atom stereocenters. The van der Waals surface area contributed by atoms with Crippen LogP contribution in [0.15, 0.2) is 42.7 Å². The predicted molar refractivity (Wildman–Crippen MR) is 125 cm³/mol. The van der Waals surface area contributed by atoms with Gasteiger partial charge in [0.15, 0.2) is 0 Å². The first-order valence-electron chi connectivity index (χ1n) is 10.8. The second-order valence-corrected chi connectivity index (χ2v) is 10.4. The molecule has 4 rings (SSSR count). The van der Waals surface area contributed by atoms with Crippen LogP contribution in [0.5, 0.6) is 0 Å². The molecule has 2 heterocycles. The van der Waals surface area contributed by atoms with Gasteiger partial charge >= 0.3 is 0 Å². The summed E-state index contributed by atoms with van der Waals surface area (Å²) in [5.41, 5.74) is 1.86. The van der Waals surface area contributed by atoms with E-state index in [0.717, 1.165) is 48.0 Å². The quantitative estimate of drug-likeness (QED) is 0.502. The van der Waals surface area contributed by atoms with Crippen molar-refractivity contribution >= 4 is 27.1 Å². The van der Waals surface area contributed by atoms with Gasteiger partial charge in [-0.15, -0.1) is 0 Å². The Kier molecular flexibility index (Phi) is 6.47. The highest BCUT2D eigenvalue weighted by Gasteiger charge is 2.26. The van der Waals surface area contributed by atoms with Gasteiger partial charge in [-0.1, -0.05) is 12.1 Å². The van der Waals surface area contributed by atoms with E-state index in [2.05, 4.69) is 15.0 Å². The van der Waals surface area contributed by atoms with Crippen molar-refractivity contribution in [2.75, 3.05) is 19.4 Å². The van der Waals surface area contributed by atoms with Gasteiger partial charge in [0.1, 0.15) is 5.82 Å². The van der Waals surface area contributed by atoms with Crippen LogP contribution in [0.1, 0.15) is 44.3 Å². The highest BCUT2D eigenvalue weighted by molar-refractivity contribution is 7.87. The van der Waals surface area contributed by atoms with E-state index < -0.39 is 16.3 Å². The third-order valence-corrected chi connectivity index (χ3v) is 7.55. The first-order chi connectivity index (χ1) is 15.2. The molecule has 1 aliphatic rings. The summed E-state index contributed by atoms with van der Waals surface area (Å²) in [5, 5.41) is 14.4. The van der Waals surface area contributed by atoms with E-state index in [1.807, 2.05) is 41.1 Å². The van der Waals surface area contributed by atoms with E-state index in [9.17, 15) is 13.5 Å². The molecule has 0 amide bonds. The van der Waals surface area contributed by atoms with Crippen LogP contribution in [0, 0.1) is 0 Å². The highest BCUT2D eigenvalue weighted by Crippen LogP contribution is 2.27. The first-order valence-corrected chi connectivity index (χ1v) is 12.3. The molecule has 1 atom stereocenters. The number of benzene rings is 1. The summed E-state index contributed by atoms with van der Waals surface area (Å²) in [5.74, 6) is 1.29. The van der Waals surface area contributed by atoms with Gasteiger partial charge in [0, 0.05) is 44.0 Å². The molecule has 1 aliphatic carbocycles. The Morgan fingerprint density at radius 3 is 2.53 bits per heavy atom. The van der Waals surface area contributed by atoms with Crippen molar-refractivity contribution in [2.45, 2.75) is 50.8 Å². The van der Waals surface area contributed by atoms with Gasteiger partial charge in [0.05, 0.1) is 11.6 Å². The molecule has 3 N–H and O–H groups in total. The van der Waals surface area contributed by atoms with Crippen molar-refractivity contribution < 1.29 is 13.5 Å². The number of nitrogens with zero attached hydrogens (tertiary/aromatic N) is 4. The molecule has 1 saturated carbocycles. The van der Waals surface area contributed by atoms with Crippen molar-refractivity contribution in [3.8, 4) is 5.82 Å². The fourth-order valence-electron chi connectivity index (χ4n) is 4.16. The fourth-order valence-corrected chi connectivity index (χ4v) is 5.03. The Balaban J connectivity index is 1.45. The topological polar surface area (TPSA) is 112 Å². The van der Waals surface area contributed by atoms with Crippen LogP contribution in [0.3, 0.4) is 0 Å². The minimum Gasteiger partial charge on any atom is -0.389 e. The third-order valence-electron chi connectivity index (χ3n) is 5.96. The molecule has 32 heavy (non-hydrogen) atoms. The van der Waals surface area contributed by atoms with E-state index >= 15 is 0 Å². The summed E-state index contributed by atoms with van der Waals surface area (Å²) in [6.07, 6.45) is 6.31. The normalized spacial score (nSPS) is 20.5. The molecule has 1 fully saturated rings. The Morgan fingerprint density at radius 2 is 1.84 bits per heavy atom. The lowest BCUT2D eigenvalue weighted by molar-refractivity contribution is 0.201. The van der Waals surface area contributed by atoms with Crippen LogP contribution in [-0.2, 0) is 10.2 Å². The molecule has 0 aliphatic heterocycles. The lowest BCUT2D eigenvalue weighted by atomic mass is 9.92. The second-order valence-electron chi connectivity index (χ2n) is 8.48. The van der Waals surface area contributed by atoms with E-state index in [-0.39, 0.29) is 12.1 Å². The van der Waals surface area contributed by atoms with Gasteiger partial charge in [-0.25, -0.2) is 4.98 Å². The third kappa shape index (κ3) is 4.78. The molecule has 2 aromatic heterocycles. The minimum atomic E-state index is -3.41. The van der Waals surface area contributed by atoms with Gasteiger partial charge < -0.3 is 15.0 Å². The summed E-state index contributed by atoms with van der Waals surface area (Å²) in [4.78, 5) is 9.07. The molecule has 0 bridgehead atoms. The number of fused-ring (bicyclic) bond motifs is 1. The highest BCUT2D eigenvalue weighted by atomic mass is 32.2. The number of hydrogen-bond acceptors (Lipinski definition) is 6. The molecule has 9 nitrogen and oxygen atoms in total. The largest absolute Gasteiger partial charge is 0.389 e. The predicted octanol–water partition coefficient (Wildman–Crippen LogP) is 2.59. The van der Waals surface area contributed by atoms with Gasteiger partial charge in [-0.3, -0.25) is 0 Å². The average Bonchev–Trinajstić information content (AvgIpc) is 3.19. The Labute approximate surface area is 188 Å². The van der Waals surface area contributed by atoms with Crippen molar-refractivity contribution in [1.82, 2.24) is 23.6 Å². The van der Waals surface area contributed by atoms with Crippen LogP contribution < -0.4 is 10.0 Å². The van der Waals surface area contributed by atoms with Crippen LogP contribution in [-0.4, -0.2) is 58.5 Å². The zero-order chi connectivity index (χ0) is 22.9. The average molecular weight is 459 g/mol. The summed E-state index contributed by atoms with van der Waals surface area (Å²) in [7, 11) is -0.358. The lowest BCUT2D eigenvalue weighted by Crippen LogP contribution is -2.44. The summed E-state index contributed by atoms with van der Waals surface area (Å²) >= 11 is 0. The lowest BCUT2D eigenvalue weighted by Gasteiger charge is -2.30. The number of aromatic nitrogens is 3. The molecular weight excluding hydrogens is 428 g/mol. The van der Waals surface area contributed by atoms with Crippen LogP contribution in [0.4, 0.5) is 5.95 Å². The van der Waals surface area contributed by atoms with Gasteiger partial charge in [0.2, 0.25) is 5.95 Å². The van der Waals surface area contributed by atoms with E-state index in [4.69, 9.17) is 4.98 Å². The monoisotopic (exact) mass is 458 g/mol. The summed E-state index contributed by atoms with van der Waals surface area (Å²) in [6.45, 7) is 1.76. The minimum absolute atomic E-state index is 0.0537. The smallest absolute Gasteiger partial charge is 0.279 e. The Morgan fingerprint density at radius 1 is 1.12 bits per heavy atom. The van der Waals surface area contributed by atoms with Crippen LogP contribution >= 0.6 is 0 Å². The summed E-state index contributed by atoms with van der Waals surface area (Å²) < 4.78 is 30.0. The maximum Gasteiger partial charge on any atom is 0.279 e. The van der Waals surface area contributed by atoms with Crippen molar-refractivity contribution in [1.29, 1.82) is 0 Å². The van der Waals surface area contributed by atoms with E-state index in [0.29, 0.717) is 5.95 Å². The zero-order valence-electron chi connectivity index (χ0n) is 18.6. The molecule has 1 aromatic carbocycles. The fraction of sp³-hybridized carbons (Fsp3) is 0.455. The van der Waals surface area contributed by atoms with Crippen molar-refractivity contribution in [2.24, 2.45) is 0 Å². The molecule has 3 aromatic rings. The first kappa shape index (κ1) is 22.7. The SMILES string of the molecule is CC(O)c1cccc2c1ccn2-c1ccnc(NC2CCC(NS(=O)(=O)N(C)C)CC2)n1. The van der Waals surface area contributed by atoms with Crippen molar-refractivity contribution in [3.05, 3.63) is 48.3 Å². The van der Waals surface area contributed by atoms with Crippen LogP contribution in [0.2, 0.25) is 0 Å². The van der Waals surface area contributed by atoms with Crippen molar-refractivity contribution in [3.63, 3.8) is 0 Å². The molecule has 172 valence electrons. The van der Waals surface area contributed by atoms with Gasteiger partial charge in [-0.05, 0) is 56.4 Å². The Hall–Kier alpha value is -2.53. The molecular formula is C22H30N6O3S. The number of aliphatic hydroxyl groups is 1. The zero-order valence-corrected chi connectivity index (χ0v) is 19.4. The van der Waals surface area contributed by atoms with Gasteiger partial charge in [-0.2, -0.15) is 22.4 Å². The standard InChI is InChI=1S/C22H30N6O3S/c1-15(29)18-5-4-6-20-19(18)12-14-28(20)21-11-13-23-22(25-21)24-16-7-9-17(10-8-16)26-32(30,31)27(2)3/h4-6,11-17,26,29H,7-10H2,1-3H3,(H,23,24,25). The van der Waals surface area contributed by atoms with E-state index in [1.54, 1.807) is 13.1 Å². The molecule has 0 radical (unpaired) electrons. The Bertz CT molecular complexity index is 1180. The summed E-state index contributed by atoms with van der Waals surface area (Å²) in [6, 6.07) is 9.85. The molecule has 10 heteroatoms. The molecule has 0 saturated heterocycles. The maximum absolute atomic E-state index is 12.0. The van der Waals surface area contributed by atoms with Gasteiger partial charge in [0.25, 0.3) is 10.2 Å².